The van der Waals surface area contributed by atoms with Crippen molar-refractivity contribution in [3.8, 4) is 0 Å². The molecule has 152 valence electrons. The second kappa shape index (κ2) is 12.0. The predicted molar refractivity (Wildman–Crippen MR) is 116 cm³/mol. The van der Waals surface area contributed by atoms with Crippen LogP contribution in [0, 0.1) is 0 Å². The molecule has 1 unspecified atom stereocenters. The van der Waals surface area contributed by atoms with Crippen LogP contribution in [0.5, 0.6) is 0 Å². The molecule has 27 heavy (non-hydrogen) atoms. The lowest BCUT2D eigenvalue weighted by molar-refractivity contribution is 0.297. The van der Waals surface area contributed by atoms with Crippen molar-refractivity contribution >= 4 is 23.4 Å². The molecule has 7 heteroatoms. The van der Waals surface area contributed by atoms with Gasteiger partial charge in [-0.25, -0.2) is 4.98 Å². The van der Waals surface area contributed by atoms with E-state index in [2.05, 4.69) is 46.2 Å². The third-order valence-electron chi connectivity index (χ3n) is 4.96. The van der Waals surface area contributed by atoms with Crippen molar-refractivity contribution in [3.63, 3.8) is 0 Å². The van der Waals surface area contributed by atoms with Crippen molar-refractivity contribution in [2.24, 2.45) is 4.99 Å². The lowest BCUT2D eigenvalue weighted by atomic mass is 10.2. The van der Waals surface area contributed by atoms with Gasteiger partial charge in [0.1, 0.15) is 5.82 Å². The van der Waals surface area contributed by atoms with Gasteiger partial charge in [-0.2, -0.15) is 0 Å². The van der Waals surface area contributed by atoms with Crippen molar-refractivity contribution < 1.29 is 0 Å². The van der Waals surface area contributed by atoms with E-state index in [1.807, 2.05) is 12.1 Å². The third kappa shape index (κ3) is 7.18. The van der Waals surface area contributed by atoms with Gasteiger partial charge >= 0.3 is 0 Å². The molecule has 0 aliphatic carbocycles. The Balaban J connectivity index is 1.79. The maximum Gasteiger partial charge on any atom is 0.191 e. The topological polar surface area (TPSA) is 55.8 Å². The maximum atomic E-state index is 6.28. The number of hydrogen-bond donors (Lipinski definition) is 2. The van der Waals surface area contributed by atoms with E-state index in [1.54, 1.807) is 6.20 Å². The SMILES string of the molecule is CCNC(=NCCCCN(CC)CC)NC1CCN(c2ncccc2Cl)C1. The average molecular weight is 395 g/mol. The van der Waals surface area contributed by atoms with Crippen LogP contribution < -0.4 is 15.5 Å². The van der Waals surface area contributed by atoms with Crippen molar-refractivity contribution in [1.82, 2.24) is 20.5 Å². The van der Waals surface area contributed by atoms with E-state index in [-0.39, 0.29) is 0 Å². The number of halogens is 1. The summed E-state index contributed by atoms with van der Waals surface area (Å²) in [5.41, 5.74) is 0. The van der Waals surface area contributed by atoms with Gasteiger partial charge in [0.15, 0.2) is 5.96 Å². The molecule has 0 amide bonds. The molecule has 0 aromatic carbocycles. The number of rotatable bonds is 10. The summed E-state index contributed by atoms with van der Waals surface area (Å²) in [5, 5.41) is 7.65. The number of nitrogens with one attached hydrogen (secondary N) is 2. The van der Waals surface area contributed by atoms with Crippen LogP contribution in [0.2, 0.25) is 5.02 Å². The van der Waals surface area contributed by atoms with Crippen LogP contribution in [0.4, 0.5) is 5.82 Å². The zero-order valence-electron chi connectivity index (χ0n) is 17.0. The predicted octanol–water partition coefficient (Wildman–Crippen LogP) is 2.99. The Morgan fingerprint density at radius 3 is 2.85 bits per heavy atom. The van der Waals surface area contributed by atoms with Crippen molar-refractivity contribution in [2.45, 2.75) is 46.1 Å². The minimum Gasteiger partial charge on any atom is -0.357 e. The molecule has 1 aromatic heterocycles. The standard InChI is InChI=1S/C20H35ClN6/c1-4-22-20(24-12-7-8-14-26(5-2)6-3)25-17-11-15-27(16-17)19-18(21)10-9-13-23-19/h9-10,13,17H,4-8,11-12,14-16H2,1-3H3,(H2,22,24,25). The highest BCUT2D eigenvalue weighted by Gasteiger charge is 2.25. The lowest BCUT2D eigenvalue weighted by Gasteiger charge is -2.20. The molecule has 6 nitrogen and oxygen atoms in total. The molecule has 2 heterocycles. The van der Waals surface area contributed by atoms with Crippen LogP contribution >= 0.6 is 11.6 Å². The van der Waals surface area contributed by atoms with E-state index in [0.29, 0.717) is 11.1 Å². The summed E-state index contributed by atoms with van der Waals surface area (Å²) in [6.07, 6.45) is 5.17. The largest absolute Gasteiger partial charge is 0.357 e. The molecule has 1 aliphatic rings. The fourth-order valence-corrected chi connectivity index (χ4v) is 3.61. The van der Waals surface area contributed by atoms with Gasteiger partial charge in [-0.3, -0.25) is 4.99 Å². The second-order valence-electron chi connectivity index (χ2n) is 6.88. The Labute approximate surface area is 169 Å². The third-order valence-corrected chi connectivity index (χ3v) is 5.25. The van der Waals surface area contributed by atoms with Gasteiger partial charge in [0.2, 0.25) is 0 Å². The summed E-state index contributed by atoms with van der Waals surface area (Å²) in [6, 6.07) is 4.12. The molecule has 1 saturated heterocycles. The molecular formula is C20H35ClN6. The first-order chi connectivity index (χ1) is 13.2. The number of aromatic nitrogens is 1. The smallest absolute Gasteiger partial charge is 0.191 e. The molecule has 1 aliphatic heterocycles. The summed E-state index contributed by atoms with van der Waals surface area (Å²) in [7, 11) is 0. The van der Waals surface area contributed by atoms with E-state index >= 15 is 0 Å². The number of nitrogens with zero attached hydrogens (tertiary/aromatic N) is 4. The van der Waals surface area contributed by atoms with E-state index in [0.717, 1.165) is 70.4 Å². The van der Waals surface area contributed by atoms with Gasteiger partial charge in [0, 0.05) is 38.4 Å². The summed E-state index contributed by atoms with van der Waals surface area (Å²) >= 11 is 6.28. The Morgan fingerprint density at radius 1 is 1.33 bits per heavy atom. The maximum absolute atomic E-state index is 6.28. The highest BCUT2D eigenvalue weighted by atomic mass is 35.5. The molecule has 1 atom stereocenters. The lowest BCUT2D eigenvalue weighted by Crippen LogP contribution is -2.44. The van der Waals surface area contributed by atoms with E-state index in [4.69, 9.17) is 16.6 Å². The highest BCUT2D eigenvalue weighted by molar-refractivity contribution is 6.32. The van der Waals surface area contributed by atoms with Crippen LogP contribution in [0.25, 0.3) is 0 Å². The molecular weight excluding hydrogens is 360 g/mol. The number of hydrogen-bond acceptors (Lipinski definition) is 4. The number of anilines is 1. The molecule has 0 saturated carbocycles. The molecule has 1 aromatic rings. The van der Waals surface area contributed by atoms with Crippen molar-refractivity contribution in [1.29, 1.82) is 0 Å². The normalized spacial score (nSPS) is 17.6. The second-order valence-corrected chi connectivity index (χ2v) is 7.29. The first-order valence-electron chi connectivity index (χ1n) is 10.3. The molecule has 0 bridgehead atoms. The zero-order valence-corrected chi connectivity index (χ0v) is 17.8. The Kier molecular flexibility index (Phi) is 9.70. The number of aliphatic imine (C=N–C) groups is 1. The number of guanidine groups is 1. The first kappa shape index (κ1) is 21.8. The molecule has 0 spiro atoms. The van der Waals surface area contributed by atoms with Crippen LogP contribution in [0.1, 0.15) is 40.0 Å². The van der Waals surface area contributed by atoms with Gasteiger partial charge in [-0.15, -0.1) is 0 Å². The fraction of sp³-hybridized carbons (Fsp3) is 0.700. The average Bonchev–Trinajstić information content (AvgIpc) is 3.13. The number of pyridine rings is 1. The van der Waals surface area contributed by atoms with Gasteiger partial charge in [-0.05, 0) is 58.0 Å². The Bertz CT molecular complexity index is 575. The molecule has 2 N–H and O–H groups in total. The van der Waals surface area contributed by atoms with Crippen LogP contribution in [0.15, 0.2) is 23.3 Å². The summed E-state index contributed by atoms with van der Waals surface area (Å²) in [5.74, 6) is 1.79. The number of unbranched alkanes of at least 4 members (excludes halogenated alkanes) is 1. The van der Waals surface area contributed by atoms with Gasteiger partial charge < -0.3 is 20.4 Å². The van der Waals surface area contributed by atoms with Gasteiger partial charge in [0.25, 0.3) is 0 Å². The Morgan fingerprint density at radius 2 is 2.15 bits per heavy atom. The van der Waals surface area contributed by atoms with Crippen LogP contribution in [-0.4, -0.2) is 67.7 Å². The highest BCUT2D eigenvalue weighted by Crippen LogP contribution is 2.25. The van der Waals surface area contributed by atoms with Crippen molar-refractivity contribution in [2.75, 3.05) is 50.7 Å². The van der Waals surface area contributed by atoms with Crippen molar-refractivity contribution in [3.05, 3.63) is 23.4 Å². The van der Waals surface area contributed by atoms with E-state index < -0.39 is 0 Å². The Hall–Kier alpha value is -1.53. The monoisotopic (exact) mass is 394 g/mol. The molecule has 2 rings (SSSR count). The summed E-state index contributed by atoms with van der Waals surface area (Å²) in [6.45, 7) is 13.5. The van der Waals surface area contributed by atoms with E-state index in [1.165, 1.54) is 6.42 Å². The summed E-state index contributed by atoms with van der Waals surface area (Å²) < 4.78 is 0. The zero-order chi connectivity index (χ0) is 19.5. The van der Waals surface area contributed by atoms with Gasteiger partial charge in [0.05, 0.1) is 5.02 Å². The van der Waals surface area contributed by atoms with Crippen LogP contribution in [-0.2, 0) is 0 Å². The quantitative estimate of drug-likeness (QED) is 0.363. The van der Waals surface area contributed by atoms with Crippen LogP contribution in [0.3, 0.4) is 0 Å². The minimum absolute atomic E-state index is 0.358. The van der Waals surface area contributed by atoms with Gasteiger partial charge in [-0.1, -0.05) is 25.4 Å². The van der Waals surface area contributed by atoms with E-state index in [9.17, 15) is 0 Å². The first-order valence-corrected chi connectivity index (χ1v) is 10.7. The minimum atomic E-state index is 0.358. The molecule has 0 radical (unpaired) electrons. The summed E-state index contributed by atoms with van der Waals surface area (Å²) in [4.78, 5) is 13.9. The molecule has 1 fully saturated rings. The fourth-order valence-electron chi connectivity index (χ4n) is 3.37.